The zero-order valence-electron chi connectivity index (χ0n) is 15.8. The van der Waals surface area contributed by atoms with Crippen molar-refractivity contribution in [3.05, 3.63) is 52.7 Å². The first-order valence-corrected chi connectivity index (χ1v) is 9.59. The third-order valence-corrected chi connectivity index (χ3v) is 5.08. The van der Waals surface area contributed by atoms with E-state index >= 15 is 0 Å². The summed E-state index contributed by atoms with van der Waals surface area (Å²) in [5.74, 6) is -0.946. The molecule has 0 aliphatic rings. The number of halogens is 1. The summed E-state index contributed by atoms with van der Waals surface area (Å²) in [5.41, 5.74) is 1.92. The Labute approximate surface area is 167 Å². The number of aryl methyl sites for hydroxylation is 1. The van der Waals surface area contributed by atoms with E-state index in [1.807, 2.05) is 24.3 Å². The summed E-state index contributed by atoms with van der Waals surface area (Å²) in [6, 6.07) is 6.54. The van der Waals surface area contributed by atoms with Gasteiger partial charge in [0, 0.05) is 37.0 Å². The van der Waals surface area contributed by atoms with Crippen LogP contribution >= 0.6 is 11.6 Å². The van der Waals surface area contributed by atoms with Crippen molar-refractivity contribution in [1.29, 1.82) is 0 Å². The molecule has 0 spiro atoms. The third kappa shape index (κ3) is 4.04. The Morgan fingerprint density at radius 1 is 1.36 bits per heavy atom. The number of carboxylic acid groups (broad SMARTS) is 1. The number of amides is 1. The van der Waals surface area contributed by atoms with E-state index in [9.17, 15) is 14.7 Å². The number of fused-ring (bicyclic) bond motifs is 1. The molecular formula is C20H23ClN4O3. The van der Waals surface area contributed by atoms with Crippen molar-refractivity contribution in [2.75, 3.05) is 0 Å². The van der Waals surface area contributed by atoms with Gasteiger partial charge in [0.05, 0.1) is 0 Å². The molecular weight excluding hydrogens is 380 g/mol. The average molecular weight is 403 g/mol. The number of benzene rings is 1. The Hall–Kier alpha value is -2.80. The van der Waals surface area contributed by atoms with Crippen molar-refractivity contribution in [3.63, 3.8) is 0 Å². The van der Waals surface area contributed by atoms with Gasteiger partial charge in [-0.1, -0.05) is 43.1 Å². The van der Waals surface area contributed by atoms with Crippen molar-refractivity contribution in [2.45, 2.75) is 38.6 Å². The van der Waals surface area contributed by atoms with Crippen molar-refractivity contribution in [2.24, 2.45) is 7.05 Å². The number of aromatic amines is 1. The maximum Gasteiger partial charge on any atom is 0.326 e. The van der Waals surface area contributed by atoms with Crippen LogP contribution in [0.4, 0.5) is 0 Å². The Kier molecular flexibility index (Phi) is 6.04. The molecule has 0 saturated heterocycles. The van der Waals surface area contributed by atoms with E-state index in [0.717, 1.165) is 29.3 Å². The number of hydrogen-bond acceptors (Lipinski definition) is 3. The Balaban J connectivity index is 1.80. The van der Waals surface area contributed by atoms with Gasteiger partial charge < -0.3 is 20.0 Å². The number of unbranched alkanes of at least 4 members (excludes halogenated alkanes) is 1. The van der Waals surface area contributed by atoms with Crippen molar-refractivity contribution in [3.8, 4) is 0 Å². The summed E-state index contributed by atoms with van der Waals surface area (Å²) in [6.07, 6.45) is 4.56. The second kappa shape index (κ2) is 8.48. The highest BCUT2D eigenvalue weighted by molar-refractivity contribution is 6.32. The molecule has 3 aromatic rings. The topological polar surface area (TPSA) is 100 Å². The van der Waals surface area contributed by atoms with Crippen LogP contribution in [-0.4, -0.2) is 37.6 Å². The summed E-state index contributed by atoms with van der Waals surface area (Å²) >= 11 is 6.16. The number of H-pyrrole nitrogens is 1. The number of carbonyl (C=O) groups excluding carboxylic acids is 1. The molecule has 0 radical (unpaired) electrons. The van der Waals surface area contributed by atoms with Gasteiger partial charge in [0.1, 0.15) is 17.6 Å². The fourth-order valence-electron chi connectivity index (χ4n) is 3.26. The minimum absolute atomic E-state index is 0.0855. The summed E-state index contributed by atoms with van der Waals surface area (Å²) in [7, 11) is 1.72. The molecule has 148 valence electrons. The van der Waals surface area contributed by atoms with Crippen LogP contribution in [0.5, 0.6) is 0 Å². The number of para-hydroxylation sites is 1. The zero-order valence-corrected chi connectivity index (χ0v) is 16.6. The van der Waals surface area contributed by atoms with Crippen LogP contribution in [-0.2, 0) is 24.7 Å². The van der Waals surface area contributed by atoms with Gasteiger partial charge >= 0.3 is 5.97 Å². The van der Waals surface area contributed by atoms with Crippen LogP contribution in [0.2, 0.25) is 5.15 Å². The maximum atomic E-state index is 12.8. The highest BCUT2D eigenvalue weighted by Crippen LogP contribution is 2.21. The summed E-state index contributed by atoms with van der Waals surface area (Å²) in [6.45, 7) is 2.07. The molecule has 1 atom stereocenters. The zero-order chi connectivity index (χ0) is 20.3. The van der Waals surface area contributed by atoms with E-state index < -0.39 is 17.9 Å². The number of aliphatic carboxylic acids is 1. The van der Waals surface area contributed by atoms with Gasteiger partial charge in [-0.15, -0.1) is 0 Å². The lowest BCUT2D eigenvalue weighted by Crippen LogP contribution is -2.43. The first-order chi connectivity index (χ1) is 13.4. The minimum Gasteiger partial charge on any atom is -0.480 e. The average Bonchev–Trinajstić information content (AvgIpc) is 3.19. The Bertz CT molecular complexity index is 1010. The molecule has 0 fully saturated rings. The lowest BCUT2D eigenvalue weighted by Gasteiger charge is -2.15. The number of hydrogen-bond donors (Lipinski definition) is 3. The van der Waals surface area contributed by atoms with E-state index in [4.69, 9.17) is 11.6 Å². The van der Waals surface area contributed by atoms with Crippen LogP contribution < -0.4 is 5.32 Å². The van der Waals surface area contributed by atoms with Crippen LogP contribution in [0.3, 0.4) is 0 Å². The largest absolute Gasteiger partial charge is 0.480 e. The minimum atomic E-state index is -1.11. The highest BCUT2D eigenvalue weighted by atomic mass is 35.5. The number of rotatable bonds is 8. The predicted molar refractivity (Wildman–Crippen MR) is 108 cm³/mol. The van der Waals surface area contributed by atoms with Crippen molar-refractivity contribution in [1.82, 2.24) is 19.9 Å². The molecule has 2 heterocycles. The summed E-state index contributed by atoms with van der Waals surface area (Å²) < 4.78 is 1.64. The van der Waals surface area contributed by atoms with Gasteiger partial charge in [0.25, 0.3) is 5.91 Å². The second-order valence-electron chi connectivity index (χ2n) is 6.76. The standard InChI is InChI=1S/C20H23ClN4O3/c1-3-4-9-16-24-18(21)17(25(16)2)19(26)23-15(20(27)28)10-12-11-22-14-8-6-5-7-13(12)14/h5-8,11,15,22H,3-4,9-10H2,1-2H3,(H,23,26)(H,27,28)/t15-/m0/s1. The number of imidazole rings is 1. The van der Waals surface area contributed by atoms with E-state index in [0.29, 0.717) is 12.2 Å². The monoisotopic (exact) mass is 402 g/mol. The molecule has 0 aliphatic carbocycles. The quantitative estimate of drug-likeness (QED) is 0.538. The number of carboxylic acids is 1. The second-order valence-corrected chi connectivity index (χ2v) is 7.12. The molecule has 0 bridgehead atoms. The maximum absolute atomic E-state index is 12.8. The van der Waals surface area contributed by atoms with Gasteiger partial charge in [0.2, 0.25) is 0 Å². The number of nitrogens with one attached hydrogen (secondary N) is 2. The highest BCUT2D eigenvalue weighted by Gasteiger charge is 2.26. The lowest BCUT2D eigenvalue weighted by molar-refractivity contribution is -0.139. The molecule has 0 unspecified atom stereocenters. The Morgan fingerprint density at radius 3 is 2.82 bits per heavy atom. The fraction of sp³-hybridized carbons (Fsp3) is 0.350. The number of aromatic nitrogens is 3. The normalized spacial score (nSPS) is 12.2. The fourth-order valence-corrected chi connectivity index (χ4v) is 3.57. The number of carbonyl (C=O) groups is 2. The van der Waals surface area contributed by atoms with Crippen LogP contribution in [0.1, 0.15) is 41.6 Å². The SMILES string of the molecule is CCCCc1nc(Cl)c(C(=O)N[C@@H](Cc2c[nH]c3ccccc23)C(=O)O)n1C. The van der Waals surface area contributed by atoms with Crippen molar-refractivity contribution >= 4 is 34.4 Å². The first kappa shape index (κ1) is 19.9. The smallest absolute Gasteiger partial charge is 0.326 e. The molecule has 3 rings (SSSR count). The first-order valence-electron chi connectivity index (χ1n) is 9.22. The molecule has 1 aromatic carbocycles. The van der Waals surface area contributed by atoms with Gasteiger partial charge in [-0.2, -0.15) is 0 Å². The van der Waals surface area contributed by atoms with Gasteiger partial charge in [-0.05, 0) is 18.1 Å². The molecule has 0 saturated carbocycles. The van der Waals surface area contributed by atoms with Gasteiger partial charge in [-0.3, -0.25) is 4.79 Å². The van der Waals surface area contributed by atoms with Crippen LogP contribution in [0, 0.1) is 0 Å². The van der Waals surface area contributed by atoms with E-state index in [1.165, 1.54) is 0 Å². The van der Waals surface area contributed by atoms with Gasteiger partial charge in [-0.25, -0.2) is 9.78 Å². The summed E-state index contributed by atoms with van der Waals surface area (Å²) in [4.78, 5) is 31.9. The molecule has 2 aromatic heterocycles. The van der Waals surface area contributed by atoms with E-state index in [1.54, 1.807) is 17.8 Å². The Morgan fingerprint density at radius 2 is 2.11 bits per heavy atom. The third-order valence-electron chi connectivity index (χ3n) is 4.82. The van der Waals surface area contributed by atoms with E-state index in [-0.39, 0.29) is 17.3 Å². The number of nitrogens with zero attached hydrogens (tertiary/aromatic N) is 2. The molecule has 8 heteroatoms. The lowest BCUT2D eigenvalue weighted by atomic mass is 10.0. The molecule has 0 aliphatic heterocycles. The van der Waals surface area contributed by atoms with Gasteiger partial charge in [0.15, 0.2) is 5.15 Å². The summed E-state index contributed by atoms with van der Waals surface area (Å²) in [5, 5.41) is 13.2. The molecule has 7 nitrogen and oxygen atoms in total. The van der Waals surface area contributed by atoms with Crippen LogP contribution in [0.25, 0.3) is 10.9 Å². The van der Waals surface area contributed by atoms with Crippen molar-refractivity contribution < 1.29 is 14.7 Å². The predicted octanol–water partition coefficient (Wildman–Crippen LogP) is 3.32. The van der Waals surface area contributed by atoms with Crippen LogP contribution in [0.15, 0.2) is 30.5 Å². The van der Waals surface area contributed by atoms with E-state index in [2.05, 4.69) is 22.2 Å². The molecule has 1 amide bonds. The molecule has 28 heavy (non-hydrogen) atoms. The molecule has 3 N–H and O–H groups in total.